The van der Waals surface area contributed by atoms with Crippen LogP contribution in [-0.4, -0.2) is 434 Å². The third-order valence-electron chi connectivity index (χ3n) is 19.3. The number of carbonyl (C=O) groups is 4. The van der Waals surface area contributed by atoms with E-state index in [9.17, 15) is 132 Å². The van der Waals surface area contributed by atoms with Gasteiger partial charge < -0.3 is 204 Å². The summed E-state index contributed by atoms with van der Waals surface area (Å²) in [5.74, 6) is -6.07. The highest BCUT2D eigenvalue weighted by atomic mass is 16.9. The van der Waals surface area contributed by atoms with E-state index < -0.39 is 328 Å². The zero-order chi connectivity index (χ0) is 76.8. The van der Waals surface area contributed by atoms with Gasteiger partial charge in [-0.05, 0) is 6.92 Å². The van der Waals surface area contributed by atoms with Crippen LogP contribution >= 0.6 is 0 Å². The fourth-order valence-corrected chi connectivity index (χ4v) is 13.5. The minimum absolute atomic E-state index is 0.175. The van der Waals surface area contributed by atoms with E-state index in [2.05, 4.69) is 16.0 Å². The van der Waals surface area contributed by atoms with Crippen molar-refractivity contribution in [1.29, 1.82) is 0 Å². The van der Waals surface area contributed by atoms with Crippen molar-refractivity contribution in [3.8, 4) is 0 Å². The number of aliphatic hydroxyl groups is 22. The van der Waals surface area contributed by atoms with Crippen LogP contribution in [0.4, 0.5) is 0 Å². The second kappa shape index (κ2) is 37.4. The maximum atomic E-state index is 13.0. The number of rotatable bonds is 29. The number of nitrogens with one attached hydrogen (secondary N) is 3. The number of hydrogen-bond donors (Lipinski definition) is 25. The third-order valence-corrected chi connectivity index (χ3v) is 19.3. The van der Waals surface area contributed by atoms with Crippen molar-refractivity contribution < 1.29 is 207 Å². The van der Waals surface area contributed by atoms with Crippen molar-refractivity contribution >= 4 is 24.2 Å². The summed E-state index contributed by atoms with van der Waals surface area (Å²) < 4.78 is 93.8. The summed E-state index contributed by atoms with van der Waals surface area (Å²) in [6, 6.07) is -4.94. The SMILES string of the molecule is CC(=O)NC1[C@H](OC2C(O)[C@H](O)C(CO)O[C@@H]2O[C@@H]2C(O)[C@H](O[C@@H]3C(CO)O[C@@H](O[C@@H]4C(CO)O[C@@H](C)C(NC(C)=O)[C@H]4O)C(NC(C)=O)[C@H]3O)OC(CO[C@H]3OC(CO)[C@@H](O)[C@H](O)C3O)[C@H]2O)OC(CO)[C@@H](OC2OC(CO[C@]3(OC=O)C[C@@H](O)[C@@H](C)C(C(O)[C@H](O)CO)O3)[C@H](O)[C@H](O)[C@@H]2O)[C@@H]1O. The van der Waals surface area contributed by atoms with Gasteiger partial charge in [-0.3, -0.25) is 19.2 Å². The van der Waals surface area contributed by atoms with Crippen LogP contribution in [0, 0.1) is 5.92 Å². The van der Waals surface area contributed by atoms with Crippen LogP contribution in [0.2, 0.25) is 0 Å². The monoisotopic (exact) mass is 1520 g/mol. The topological polar surface area (TPSA) is 697 Å². The summed E-state index contributed by atoms with van der Waals surface area (Å²) in [7, 11) is 0. The smallest absolute Gasteiger partial charge is 0.332 e. The third kappa shape index (κ3) is 19.0. The molecule has 0 radical (unpaired) electrons. The molecule has 41 atom stereocenters. The fourth-order valence-electron chi connectivity index (χ4n) is 13.5. The number of hydrogen-bond acceptors (Lipinski definition) is 42. The highest BCUT2D eigenvalue weighted by Gasteiger charge is 2.60. The molecule has 8 rings (SSSR count). The van der Waals surface area contributed by atoms with Crippen LogP contribution in [0.3, 0.4) is 0 Å². The molecule has 602 valence electrons. The molecule has 45 heteroatoms. The average Bonchev–Trinajstić information content (AvgIpc) is 0.772. The molecule has 0 spiro atoms. The van der Waals surface area contributed by atoms with E-state index in [1.54, 1.807) is 0 Å². The maximum absolute atomic E-state index is 13.0. The first-order chi connectivity index (χ1) is 49.1. The summed E-state index contributed by atoms with van der Waals surface area (Å²) in [4.78, 5) is 49.8. The first-order valence-electron chi connectivity index (χ1n) is 33.4. The molecule has 8 heterocycles. The highest BCUT2D eigenvalue weighted by Crippen LogP contribution is 2.41. The van der Waals surface area contributed by atoms with Gasteiger partial charge in [0, 0.05) is 26.7 Å². The van der Waals surface area contributed by atoms with Crippen LogP contribution < -0.4 is 16.0 Å². The molecule has 104 heavy (non-hydrogen) atoms. The molecule has 0 saturated carbocycles. The molecule has 0 aliphatic carbocycles. The Morgan fingerprint density at radius 1 is 0.433 bits per heavy atom. The zero-order valence-corrected chi connectivity index (χ0v) is 56.5. The Morgan fingerprint density at radius 2 is 0.827 bits per heavy atom. The van der Waals surface area contributed by atoms with Crippen molar-refractivity contribution in [2.45, 2.75) is 286 Å². The van der Waals surface area contributed by atoms with Gasteiger partial charge in [0.2, 0.25) is 17.7 Å². The van der Waals surface area contributed by atoms with E-state index in [-0.39, 0.29) is 6.47 Å². The lowest BCUT2D eigenvalue weighted by Gasteiger charge is -2.51. The number of ether oxygens (including phenoxy) is 16. The fraction of sp³-hybridized carbons (Fsp3) is 0.932. The zero-order valence-electron chi connectivity index (χ0n) is 56.5. The first-order valence-corrected chi connectivity index (χ1v) is 33.4. The summed E-state index contributed by atoms with van der Waals surface area (Å²) in [5.41, 5.74) is 0. The highest BCUT2D eigenvalue weighted by molar-refractivity contribution is 5.74. The van der Waals surface area contributed by atoms with Gasteiger partial charge in [0.05, 0.1) is 83.6 Å². The molecule has 25 N–H and O–H groups in total. The minimum atomic E-state index is -2.63. The van der Waals surface area contributed by atoms with E-state index in [4.69, 9.17) is 75.8 Å². The second-order valence-corrected chi connectivity index (χ2v) is 26.6. The number of aliphatic hydroxyl groups excluding tert-OH is 22. The number of amides is 3. The van der Waals surface area contributed by atoms with Gasteiger partial charge in [-0.15, -0.1) is 0 Å². The molecule has 17 unspecified atom stereocenters. The minimum Gasteiger partial charge on any atom is -0.410 e. The van der Waals surface area contributed by atoms with E-state index in [1.165, 1.54) is 13.8 Å². The van der Waals surface area contributed by atoms with Gasteiger partial charge in [-0.2, -0.15) is 0 Å². The predicted molar refractivity (Wildman–Crippen MR) is 323 cm³/mol. The normalized spacial score (nSPS) is 47.9. The Kier molecular flexibility index (Phi) is 30.9. The molecular formula is C59H99N3O42. The maximum Gasteiger partial charge on any atom is 0.332 e. The molecule has 45 nitrogen and oxygen atoms in total. The van der Waals surface area contributed by atoms with Crippen LogP contribution in [0.25, 0.3) is 0 Å². The molecule has 8 saturated heterocycles. The van der Waals surface area contributed by atoms with Gasteiger partial charge in [0.1, 0.15) is 177 Å². The van der Waals surface area contributed by atoms with Gasteiger partial charge in [0.15, 0.2) is 37.7 Å². The second-order valence-electron chi connectivity index (χ2n) is 26.6. The lowest BCUT2D eigenvalue weighted by Crippen LogP contribution is -2.71. The van der Waals surface area contributed by atoms with E-state index in [1.807, 2.05) is 0 Å². The van der Waals surface area contributed by atoms with Crippen molar-refractivity contribution in [3.05, 3.63) is 0 Å². The average molecular weight is 1520 g/mol. The van der Waals surface area contributed by atoms with Crippen LogP contribution in [0.5, 0.6) is 0 Å². The van der Waals surface area contributed by atoms with E-state index >= 15 is 0 Å². The van der Waals surface area contributed by atoms with Crippen LogP contribution in [-0.2, 0) is 95.0 Å². The van der Waals surface area contributed by atoms with Crippen LogP contribution in [0.1, 0.15) is 41.0 Å². The molecule has 8 aliphatic rings. The summed E-state index contributed by atoms with van der Waals surface area (Å²) >= 11 is 0. The van der Waals surface area contributed by atoms with E-state index in [0.29, 0.717) is 0 Å². The lowest BCUT2D eigenvalue weighted by molar-refractivity contribution is -0.424. The standard InChI is InChI=1S/C59H99N3O42/c1-16-21(73)6-59(91-15-69,104-47(16)33(75)22(74)7-63)90-14-29-36(78)42(84)45(87)56(98-29)100-49-26(11-67)96-54(32(40(49)82)62-20(5)72)103-52-43(85)35(77)24(9-65)94-58(52)102-51-37(79)28(13-89-55-44(86)41(83)34(76)23(8-64)93-55)97-57(46(51)88)101-50-27(12-68)95-53(31(39(50)81)61-19(4)71)99-48-25(10-66)92-17(2)30(38(48)80)60-18(3)70/h15-17,21-58,63-68,73-88H,6-14H2,1-5H3,(H,60,70)(H,61,71)(H,62,72)/t16-,17+,21-,22-,23?,24?,25?,26?,27?,28?,29?,30?,31?,32?,33?,34-,35-,36+,37-,38-,39-,40-,41+,42+,43?,44?,45+,46?,47?,48-,49-,50-,51+,52?,53+,54+,55+,56?,57+,58-,59+/m1/s1. The van der Waals surface area contributed by atoms with Gasteiger partial charge in [-0.1, -0.05) is 6.92 Å². The van der Waals surface area contributed by atoms with Crippen molar-refractivity contribution in [3.63, 3.8) is 0 Å². The molecule has 0 aromatic rings. The molecule has 0 aromatic heterocycles. The predicted octanol–water partition coefficient (Wildman–Crippen LogP) is -16.4. The Morgan fingerprint density at radius 3 is 1.32 bits per heavy atom. The molecule has 8 fully saturated rings. The van der Waals surface area contributed by atoms with Gasteiger partial charge in [0.25, 0.3) is 6.47 Å². The van der Waals surface area contributed by atoms with Crippen molar-refractivity contribution in [2.24, 2.45) is 5.92 Å². The molecule has 8 aliphatic heterocycles. The Hall–Kier alpha value is -3.60. The number of carbonyl (C=O) groups excluding carboxylic acids is 4. The Balaban J connectivity index is 1.06. The van der Waals surface area contributed by atoms with Gasteiger partial charge in [-0.25, -0.2) is 0 Å². The Labute approximate surface area is 590 Å². The van der Waals surface area contributed by atoms with E-state index in [0.717, 1.165) is 20.8 Å². The summed E-state index contributed by atoms with van der Waals surface area (Å²) in [6.45, 7) is -2.40. The largest absolute Gasteiger partial charge is 0.410 e. The first kappa shape index (κ1) is 86.0. The molecule has 3 amide bonds. The lowest BCUT2D eigenvalue weighted by atomic mass is 9.87. The summed E-state index contributed by atoms with van der Waals surface area (Å²) in [6.07, 6.45) is -71.9. The van der Waals surface area contributed by atoms with Crippen molar-refractivity contribution in [2.75, 3.05) is 52.9 Å². The quantitative estimate of drug-likeness (QED) is 0.0244. The Bertz CT molecular complexity index is 2710. The summed E-state index contributed by atoms with van der Waals surface area (Å²) in [5, 5.41) is 250. The molecule has 0 bridgehead atoms. The van der Waals surface area contributed by atoms with Crippen LogP contribution in [0.15, 0.2) is 0 Å². The molecule has 0 aromatic carbocycles. The van der Waals surface area contributed by atoms with Gasteiger partial charge >= 0.3 is 5.97 Å². The van der Waals surface area contributed by atoms with Crippen molar-refractivity contribution in [1.82, 2.24) is 16.0 Å². The molecular weight excluding hydrogens is 1420 g/mol.